The van der Waals surface area contributed by atoms with Gasteiger partial charge in [0.25, 0.3) is 0 Å². The summed E-state index contributed by atoms with van der Waals surface area (Å²) in [5.41, 5.74) is 0. The van der Waals surface area contributed by atoms with Gasteiger partial charge in [0.15, 0.2) is 0 Å². The Kier molecular flexibility index (Phi) is 3.57. The quantitative estimate of drug-likeness (QED) is 0.866. The number of fused-ring (bicyclic) bond motifs is 1. The summed E-state index contributed by atoms with van der Waals surface area (Å²) in [5.74, 6) is 1.69. The molecule has 1 aliphatic heterocycles. The van der Waals surface area contributed by atoms with E-state index in [1.807, 2.05) is 6.07 Å². The van der Waals surface area contributed by atoms with Gasteiger partial charge in [0.1, 0.15) is 5.76 Å². The minimum absolute atomic E-state index is 0.371. The van der Waals surface area contributed by atoms with Crippen molar-refractivity contribution < 1.29 is 9.15 Å². The Hall–Kier alpha value is -1.52. The second-order valence-corrected chi connectivity index (χ2v) is 6.17. The smallest absolute Gasteiger partial charge is 0.117 e. The Morgan fingerprint density at radius 2 is 2.05 bits per heavy atom. The Bertz CT molecular complexity index is 549. The van der Waals surface area contributed by atoms with Crippen molar-refractivity contribution in [3.05, 3.63) is 48.7 Å². The van der Waals surface area contributed by atoms with Crippen molar-refractivity contribution in [2.24, 2.45) is 5.92 Å². The second-order valence-electron chi connectivity index (χ2n) is 6.17. The zero-order chi connectivity index (χ0) is 14.1. The third-order valence-corrected chi connectivity index (χ3v) is 4.89. The lowest BCUT2D eigenvalue weighted by atomic mass is 10.0. The Morgan fingerprint density at radius 1 is 1.14 bits per heavy atom. The van der Waals surface area contributed by atoms with E-state index in [2.05, 4.69) is 40.1 Å². The van der Waals surface area contributed by atoms with E-state index in [4.69, 9.17) is 9.15 Å². The molecule has 3 heterocycles. The van der Waals surface area contributed by atoms with E-state index < -0.39 is 0 Å². The van der Waals surface area contributed by atoms with Crippen LogP contribution in [-0.2, 0) is 17.8 Å². The normalized spacial score (nSPS) is 29.6. The van der Waals surface area contributed by atoms with Crippen LogP contribution >= 0.6 is 0 Å². The highest BCUT2D eigenvalue weighted by atomic mass is 16.5. The van der Waals surface area contributed by atoms with Crippen LogP contribution in [0.25, 0.3) is 0 Å². The summed E-state index contributed by atoms with van der Waals surface area (Å²) in [6.07, 6.45) is 8.92. The van der Waals surface area contributed by atoms with Crippen molar-refractivity contribution >= 4 is 0 Å². The molecule has 21 heavy (non-hydrogen) atoms. The average molecular weight is 286 g/mol. The molecule has 3 atom stereocenters. The first-order chi connectivity index (χ1) is 10.4. The molecule has 0 spiro atoms. The van der Waals surface area contributed by atoms with Gasteiger partial charge in [-0.15, -0.1) is 0 Å². The van der Waals surface area contributed by atoms with E-state index in [1.165, 1.54) is 12.8 Å². The van der Waals surface area contributed by atoms with E-state index >= 15 is 0 Å². The molecule has 1 saturated heterocycles. The van der Waals surface area contributed by atoms with Crippen molar-refractivity contribution in [3.8, 4) is 0 Å². The summed E-state index contributed by atoms with van der Waals surface area (Å²) in [5, 5.41) is 0. The predicted molar refractivity (Wildman–Crippen MR) is 79.8 cm³/mol. The third-order valence-electron chi connectivity index (χ3n) is 4.89. The van der Waals surface area contributed by atoms with Crippen LogP contribution in [0.1, 0.15) is 18.6 Å². The van der Waals surface area contributed by atoms with Gasteiger partial charge in [0, 0.05) is 37.4 Å². The van der Waals surface area contributed by atoms with Gasteiger partial charge in [0.05, 0.1) is 25.5 Å². The largest absolute Gasteiger partial charge is 0.468 e. The van der Waals surface area contributed by atoms with Crippen molar-refractivity contribution in [3.63, 3.8) is 0 Å². The maximum atomic E-state index is 6.13. The molecule has 1 saturated carbocycles. The minimum Gasteiger partial charge on any atom is -0.468 e. The van der Waals surface area contributed by atoms with Crippen molar-refractivity contribution in [1.29, 1.82) is 0 Å². The highest BCUT2D eigenvalue weighted by Crippen LogP contribution is 2.36. The summed E-state index contributed by atoms with van der Waals surface area (Å²) in [6, 6.07) is 8.77. The first-order valence-corrected chi connectivity index (χ1v) is 7.89. The van der Waals surface area contributed by atoms with E-state index in [1.54, 1.807) is 6.26 Å². The SMILES string of the molecule is c1coc(CN2CCO[C@@H]3[C@@H](Cn4cccc4)CC[C@H]32)c1. The van der Waals surface area contributed by atoms with E-state index in [0.717, 1.165) is 32.0 Å². The lowest BCUT2D eigenvalue weighted by molar-refractivity contribution is -0.0800. The molecule has 0 bridgehead atoms. The Morgan fingerprint density at radius 3 is 2.86 bits per heavy atom. The number of morpholine rings is 1. The van der Waals surface area contributed by atoms with Crippen LogP contribution < -0.4 is 0 Å². The molecule has 2 aromatic rings. The molecule has 112 valence electrons. The number of hydrogen-bond donors (Lipinski definition) is 0. The zero-order valence-corrected chi connectivity index (χ0v) is 12.2. The molecule has 0 N–H and O–H groups in total. The molecule has 0 aromatic carbocycles. The summed E-state index contributed by atoms with van der Waals surface area (Å²) in [4.78, 5) is 2.54. The fourth-order valence-corrected chi connectivity index (χ4v) is 3.89. The summed E-state index contributed by atoms with van der Waals surface area (Å²) < 4.78 is 13.9. The van der Waals surface area contributed by atoms with Crippen LogP contribution in [0.5, 0.6) is 0 Å². The van der Waals surface area contributed by atoms with Crippen LogP contribution in [0, 0.1) is 5.92 Å². The third kappa shape index (κ3) is 2.65. The van der Waals surface area contributed by atoms with E-state index in [9.17, 15) is 0 Å². The van der Waals surface area contributed by atoms with E-state index in [0.29, 0.717) is 18.1 Å². The van der Waals surface area contributed by atoms with Crippen molar-refractivity contribution in [1.82, 2.24) is 9.47 Å². The van der Waals surface area contributed by atoms with Gasteiger partial charge in [0.2, 0.25) is 0 Å². The van der Waals surface area contributed by atoms with Gasteiger partial charge in [-0.3, -0.25) is 4.90 Å². The topological polar surface area (TPSA) is 30.5 Å². The van der Waals surface area contributed by atoms with Gasteiger partial charge in [-0.25, -0.2) is 0 Å². The highest BCUT2D eigenvalue weighted by Gasteiger charge is 2.42. The average Bonchev–Trinajstić information content (AvgIpc) is 3.22. The molecule has 4 heteroatoms. The monoisotopic (exact) mass is 286 g/mol. The number of hydrogen-bond acceptors (Lipinski definition) is 3. The summed E-state index contributed by atoms with van der Waals surface area (Å²) in [6.45, 7) is 3.83. The number of furan rings is 1. The van der Waals surface area contributed by atoms with Gasteiger partial charge in [-0.05, 0) is 37.1 Å². The highest BCUT2D eigenvalue weighted by molar-refractivity contribution is 5.02. The number of nitrogens with zero attached hydrogens (tertiary/aromatic N) is 2. The van der Waals surface area contributed by atoms with Gasteiger partial charge in [-0.1, -0.05) is 0 Å². The predicted octanol–water partition coefficient (Wildman–Crippen LogP) is 2.76. The number of aromatic nitrogens is 1. The maximum Gasteiger partial charge on any atom is 0.117 e. The maximum absolute atomic E-state index is 6.13. The fourth-order valence-electron chi connectivity index (χ4n) is 3.89. The Balaban J connectivity index is 1.44. The summed E-state index contributed by atoms with van der Waals surface area (Å²) in [7, 11) is 0. The van der Waals surface area contributed by atoms with Gasteiger partial charge < -0.3 is 13.7 Å². The van der Waals surface area contributed by atoms with Crippen LogP contribution in [0.3, 0.4) is 0 Å². The molecule has 4 nitrogen and oxygen atoms in total. The molecule has 0 radical (unpaired) electrons. The van der Waals surface area contributed by atoms with E-state index in [-0.39, 0.29) is 0 Å². The Labute approximate surface area is 125 Å². The minimum atomic E-state index is 0.371. The van der Waals surface area contributed by atoms with Crippen LogP contribution in [0.2, 0.25) is 0 Å². The van der Waals surface area contributed by atoms with Crippen LogP contribution in [0.15, 0.2) is 47.3 Å². The second kappa shape index (κ2) is 5.70. The molecule has 1 aliphatic carbocycles. The van der Waals surface area contributed by atoms with Crippen LogP contribution in [0.4, 0.5) is 0 Å². The summed E-state index contributed by atoms with van der Waals surface area (Å²) >= 11 is 0. The lowest BCUT2D eigenvalue weighted by Crippen LogP contribution is -2.50. The molecule has 4 rings (SSSR count). The standard InChI is InChI=1S/C17H22N2O2/c1-2-8-18(7-1)12-14-5-6-16-17(14)21-11-9-19(16)13-15-4-3-10-20-15/h1-4,7-8,10,14,16-17H,5-6,9,11-13H2/t14-,16-,17-/m1/s1. The lowest BCUT2D eigenvalue weighted by Gasteiger charge is -2.39. The zero-order valence-electron chi connectivity index (χ0n) is 12.2. The molecule has 2 aliphatic rings. The molecule has 2 aromatic heterocycles. The molecular formula is C17H22N2O2. The van der Waals surface area contributed by atoms with Crippen LogP contribution in [-0.4, -0.2) is 34.8 Å². The van der Waals surface area contributed by atoms with Crippen molar-refractivity contribution in [2.45, 2.75) is 38.1 Å². The molecule has 0 unspecified atom stereocenters. The fraction of sp³-hybridized carbons (Fsp3) is 0.529. The van der Waals surface area contributed by atoms with Gasteiger partial charge >= 0.3 is 0 Å². The van der Waals surface area contributed by atoms with Crippen molar-refractivity contribution in [2.75, 3.05) is 13.2 Å². The molecule has 0 amide bonds. The number of rotatable bonds is 4. The molecule has 2 fully saturated rings. The molecular weight excluding hydrogens is 264 g/mol. The van der Waals surface area contributed by atoms with Gasteiger partial charge in [-0.2, -0.15) is 0 Å². The first kappa shape index (κ1) is 13.2. The first-order valence-electron chi connectivity index (χ1n) is 7.89. The number of ether oxygens (including phenoxy) is 1.